The lowest BCUT2D eigenvalue weighted by atomic mass is 10.1. The summed E-state index contributed by atoms with van der Waals surface area (Å²) in [6, 6.07) is 5.21. The predicted octanol–water partition coefficient (Wildman–Crippen LogP) is 9.76. The molecule has 0 saturated carbocycles. The second kappa shape index (κ2) is 23.3. The number of carbonyl (C=O) groups is 1. The molecule has 3 aromatic heterocycles. The summed E-state index contributed by atoms with van der Waals surface area (Å²) in [5.41, 5.74) is 0.809. The molecule has 0 aromatic carbocycles. The summed E-state index contributed by atoms with van der Waals surface area (Å²) < 4.78 is 10.3. The van der Waals surface area contributed by atoms with Crippen molar-refractivity contribution in [1.82, 2.24) is 24.1 Å². The second-order valence-electron chi connectivity index (χ2n) is 12.8. The Balaban J connectivity index is 1.63. The summed E-state index contributed by atoms with van der Waals surface area (Å²) in [5, 5.41) is 9.99. The second-order valence-corrected chi connectivity index (χ2v) is 12.8. The number of esters is 1. The standard InChI is InChI=1S/C38H61N5O3/c1-3-5-7-9-11-13-15-17-19-23-28-42-30-27-40-36(42)35(46-38(45)34-25-21-22-26-39-34)37-41-33(32-44)31-43(37)29-24-20-18-16-14-12-10-8-6-4-2/h21-22,25-27,30-31,35,44H,3-20,23-24,28-29,32H2,1-2H3. The number of pyridine rings is 1. The predicted molar refractivity (Wildman–Crippen MR) is 186 cm³/mol. The minimum atomic E-state index is -0.809. The molecule has 0 spiro atoms. The van der Waals surface area contributed by atoms with E-state index in [0.717, 1.165) is 38.8 Å². The van der Waals surface area contributed by atoms with Crippen LogP contribution in [-0.4, -0.2) is 35.2 Å². The number of aliphatic hydroxyl groups is 1. The van der Waals surface area contributed by atoms with Crippen LogP contribution in [-0.2, 0) is 24.4 Å². The third-order valence-corrected chi connectivity index (χ3v) is 8.84. The largest absolute Gasteiger partial charge is 0.441 e. The van der Waals surface area contributed by atoms with Gasteiger partial charge >= 0.3 is 5.97 Å². The van der Waals surface area contributed by atoms with Crippen molar-refractivity contribution in [3.8, 4) is 0 Å². The highest BCUT2D eigenvalue weighted by Gasteiger charge is 2.29. The van der Waals surface area contributed by atoms with E-state index in [4.69, 9.17) is 9.72 Å². The number of hydrogen-bond donors (Lipinski definition) is 1. The number of rotatable bonds is 27. The van der Waals surface area contributed by atoms with Crippen molar-refractivity contribution < 1.29 is 14.6 Å². The summed E-state index contributed by atoms with van der Waals surface area (Å²) in [4.78, 5) is 27.0. The first kappa shape index (κ1) is 37.5. The highest BCUT2D eigenvalue weighted by atomic mass is 16.5. The van der Waals surface area contributed by atoms with Gasteiger partial charge in [0.15, 0.2) is 11.6 Å². The number of aliphatic hydroxyl groups excluding tert-OH is 1. The third kappa shape index (κ3) is 13.8. The summed E-state index contributed by atoms with van der Waals surface area (Å²) in [6.07, 6.45) is 31.8. The normalized spacial score (nSPS) is 12.1. The number of imidazole rings is 2. The van der Waals surface area contributed by atoms with Crippen molar-refractivity contribution in [3.05, 3.63) is 66.0 Å². The van der Waals surface area contributed by atoms with Crippen LogP contribution in [0.4, 0.5) is 0 Å². The first-order valence-corrected chi connectivity index (χ1v) is 18.5. The van der Waals surface area contributed by atoms with E-state index in [-0.39, 0.29) is 12.3 Å². The van der Waals surface area contributed by atoms with Gasteiger partial charge in [-0.1, -0.05) is 135 Å². The van der Waals surface area contributed by atoms with Gasteiger partial charge in [-0.15, -0.1) is 0 Å². The monoisotopic (exact) mass is 635 g/mol. The fourth-order valence-electron chi connectivity index (χ4n) is 6.11. The Bertz CT molecular complexity index is 1190. The lowest BCUT2D eigenvalue weighted by Gasteiger charge is -2.20. The van der Waals surface area contributed by atoms with Crippen LogP contribution in [0.15, 0.2) is 43.0 Å². The molecule has 0 amide bonds. The van der Waals surface area contributed by atoms with Gasteiger partial charge < -0.3 is 19.0 Å². The van der Waals surface area contributed by atoms with E-state index in [1.807, 2.05) is 17.0 Å². The van der Waals surface area contributed by atoms with Crippen LogP contribution in [0.2, 0.25) is 0 Å². The van der Waals surface area contributed by atoms with Gasteiger partial charge in [0, 0.05) is 37.9 Å². The van der Waals surface area contributed by atoms with Crippen LogP contribution >= 0.6 is 0 Å². The molecule has 1 atom stereocenters. The zero-order valence-electron chi connectivity index (χ0n) is 28.9. The molecular weight excluding hydrogens is 574 g/mol. The Morgan fingerprint density at radius 3 is 1.76 bits per heavy atom. The summed E-state index contributed by atoms with van der Waals surface area (Å²) in [6.45, 7) is 5.89. The summed E-state index contributed by atoms with van der Waals surface area (Å²) in [5.74, 6) is 0.734. The number of carbonyl (C=O) groups excluding carboxylic acids is 1. The van der Waals surface area contributed by atoms with E-state index in [1.165, 1.54) is 103 Å². The van der Waals surface area contributed by atoms with E-state index in [0.29, 0.717) is 17.3 Å². The molecular formula is C38H61N5O3. The first-order valence-electron chi connectivity index (χ1n) is 18.5. The van der Waals surface area contributed by atoms with Crippen LogP contribution in [0.1, 0.15) is 176 Å². The maximum atomic E-state index is 13.3. The Morgan fingerprint density at radius 1 is 0.696 bits per heavy atom. The maximum absolute atomic E-state index is 13.3. The van der Waals surface area contributed by atoms with E-state index in [2.05, 4.69) is 28.4 Å². The average Bonchev–Trinajstić information content (AvgIpc) is 3.72. The van der Waals surface area contributed by atoms with Crippen LogP contribution in [0.25, 0.3) is 0 Å². The van der Waals surface area contributed by atoms with Gasteiger partial charge in [0.25, 0.3) is 0 Å². The number of aryl methyl sites for hydroxylation is 2. The van der Waals surface area contributed by atoms with Crippen molar-refractivity contribution in [3.63, 3.8) is 0 Å². The number of unbranched alkanes of at least 4 members (excludes halogenated alkanes) is 18. The Hall–Kier alpha value is -3.00. The Kier molecular flexibility index (Phi) is 19.0. The van der Waals surface area contributed by atoms with E-state index in [9.17, 15) is 9.90 Å². The van der Waals surface area contributed by atoms with Crippen LogP contribution < -0.4 is 0 Å². The molecule has 1 unspecified atom stereocenters. The molecule has 1 N–H and O–H groups in total. The molecule has 256 valence electrons. The lowest BCUT2D eigenvalue weighted by Crippen LogP contribution is -2.21. The number of hydrogen-bond acceptors (Lipinski definition) is 6. The molecule has 0 fully saturated rings. The zero-order chi connectivity index (χ0) is 32.7. The van der Waals surface area contributed by atoms with Crippen LogP contribution in [0, 0.1) is 0 Å². The van der Waals surface area contributed by atoms with Gasteiger partial charge in [-0.05, 0) is 25.0 Å². The fraction of sp³-hybridized carbons (Fsp3) is 0.684. The minimum absolute atomic E-state index is 0.175. The summed E-state index contributed by atoms with van der Waals surface area (Å²) >= 11 is 0. The molecule has 8 nitrogen and oxygen atoms in total. The first-order chi connectivity index (χ1) is 22.7. The van der Waals surface area contributed by atoms with Crippen LogP contribution in [0.3, 0.4) is 0 Å². The van der Waals surface area contributed by atoms with Gasteiger partial charge in [0.2, 0.25) is 6.10 Å². The van der Waals surface area contributed by atoms with Gasteiger partial charge in [-0.25, -0.2) is 19.7 Å². The molecule has 0 aliphatic heterocycles. The number of nitrogens with zero attached hydrogens (tertiary/aromatic N) is 5. The summed E-state index contributed by atoms with van der Waals surface area (Å²) in [7, 11) is 0. The molecule has 8 heteroatoms. The quantitative estimate of drug-likeness (QED) is 0.0662. The van der Waals surface area contributed by atoms with Gasteiger partial charge in [-0.3, -0.25) is 0 Å². The zero-order valence-corrected chi connectivity index (χ0v) is 28.9. The van der Waals surface area contributed by atoms with Crippen molar-refractivity contribution in [2.24, 2.45) is 0 Å². The Labute approximate surface area is 278 Å². The van der Waals surface area contributed by atoms with Crippen LogP contribution in [0.5, 0.6) is 0 Å². The Morgan fingerprint density at radius 2 is 1.24 bits per heavy atom. The maximum Gasteiger partial charge on any atom is 0.358 e. The highest BCUT2D eigenvalue weighted by Crippen LogP contribution is 2.27. The lowest BCUT2D eigenvalue weighted by molar-refractivity contribution is 0.0324. The van der Waals surface area contributed by atoms with Gasteiger partial charge in [-0.2, -0.15) is 0 Å². The molecule has 3 aromatic rings. The molecule has 0 aliphatic carbocycles. The van der Waals surface area contributed by atoms with Gasteiger partial charge in [0.1, 0.15) is 5.69 Å². The topological polar surface area (TPSA) is 95.1 Å². The van der Waals surface area contributed by atoms with Crippen molar-refractivity contribution >= 4 is 5.97 Å². The molecule has 0 aliphatic rings. The van der Waals surface area contributed by atoms with E-state index in [1.54, 1.807) is 30.6 Å². The average molecular weight is 636 g/mol. The number of aromatic nitrogens is 5. The highest BCUT2D eigenvalue weighted by molar-refractivity contribution is 5.87. The molecule has 0 radical (unpaired) electrons. The van der Waals surface area contributed by atoms with E-state index >= 15 is 0 Å². The molecule has 0 bridgehead atoms. The molecule has 0 saturated heterocycles. The third-order valence-electron chi connectivity index (χ3n) is 8.84. The molecule has 3 heterocycles. The molecule has 46 heavy (non-hydrogen) atoms. The molecule has 3 rings (SSSR count). The minimum Gasteiger partial charge on any atom is -0.441 e. The van der Waals surface area contributed by atoms with E-state index < -0.39 is 12.1 Å². The number of ether oxygens (including phenoxy) is 1. The van der Waals surface area contributed by atoms with Gasteiger partial charge in [0.05, 0.1) is 12.3 Å². The van der Waals surface area contributed by atoms with Crippen molar-refractivity contribution in [2.45, 2.75) is 168 Å². The van der Waals surface area contributed by atoms with Crippen molar-refractivity contribution in [1.29, 1.82) is 0 Å². The van der Waals surface area contributed by atoms with Crippen molar-refractivity contribution in [2.75, 3.05) is 0 Å². The fourth-order valence-corrected chi connectivity index (χ4v) is 6.11. The smallest absolute Gasteiger partial charge is 0.358 e. The SMILES string of the molecule is CCCCCCCCCCCCn1ccnc1C(OC(=O)c1ccccn1)c1nc(CO)cn1CCCCCCCCCCCC.